The molecule has 0 aromatic heterocycles. The van der Waals surface area contributed by atoms with Crippen LogP contribution in [0.2, 0.25) is 0 Å². The molecule has 0 bridgehead atoms. The Balaban J connectivity index is 1.45. The molecule has 1 atom stereocenters. The van der Waals surface area contributed by atoms with Gasteiger partial charge in [0.15, 0.2) is 0 Å². The van der Waals surface area contributed by atoms with Crippen molar-refractivity contribution in [2.75, 3.05) is 39.3 Å². The Morgan fingerprint density at radius 3 is 2.29 bits per heavy atom. The number of allylic oxidation sites excluding steroid dienone is 1. The van der Waals surface area contributed by atoms with Crippen LogP contribution in [0.25, 0.3) is 0 Å². The summed E-state index contributed by atoms with van der Waals surface area (Å²) in [5.74, 6) is 0.529. The molecule has 5 heteroatoms. The second-order valence-corrected chi connectivity index (χ2v) is 7.41. The van der Waals surface area contributed by atoms with E-state index in [1.54, 1.807) is 0 Å². The van der Waals surface area contributed by atoms with Crippen LogP contribution in [0.5, 0.6) is 0 Å². The highest BCUT2D eigenvalue weighted by atomic mass is 16.2. The lowest BCUT2D eigenvalue weighted by Gasteiger charge is -2.38. The molecule has 2 saturated heterocycles. The van der Waals surface area contributed by atoms with E-state index in [-0.39, 0.29) is 17.9 Å². The number of hydrogen-bond acceptors (Lipinski definition) is 3. The van der Waals surface area contributed by atoms with Crippen LogP contribution < -0.4 is 0 Å². The molecule has 1 aliphatic carbocycles. The van der Waals surface area contributed by atoms with Gasteiger partial charge in [0.1, 0.15) is 0 Å². The summed E-state index contributed by atoms with van der Waals surface area (Å²) in [5.41, 5.74) is 1.33. The minimum absolute atomic E-state index is 0.0543. The van der Waals surface area contributed by atoms with Crippen LogP contribution in [0, 0.1) is 0 Å². The van der Waals surface area contributed by atoms with Gasteiger partial charge in [-0.3, -0.25) is 14.5 Å². The van der Waals surface area contributed by atoms with E-state index in [9.17, 15) is 9.59 Å². The van der Waals surface area contributed by atoms with Gasteiger partial charge >= 0.3 is 0 Å². The molecule has 134 valence electrons. The number of nitrogens with zero attached hydrogens (tertiary/aromatic N) is 3. The summed E-state index contributed by atoms with van der Waals surface area (Å²) in [6, 6.07) is -0.0543. The van der Waals surface area contributed by atoms with Crippen LogP contribution in [0.1, 0.15) is 51.9 Å². The lowest BCUT2D eigenvalue weighted by Crippen LogP contribution is -2.55. The van der Waals surface area contributed by atoms with E-state index >= 15 is 0 Å². The van der Waals surface area contributed by atoms with Crippen molar-refractivity contribution in [2.24, 2.45) is 0 Å². The van der Waals surface area contributed by atoms with Gasteiger partial charge in [-0.25, -0.2) is 0 Å². The van der Waals surface area contributed by atoms with Crippen molar-refractivity contribution in [3.05, 3.63) is 11.6 Å². The number of piperazine rings is 1. The zero-order valence-corrected chi connectivity index (χ0v) is 15.0. The number of carbonyl (C=O) groups is 2. The highest BCUT2D eigenvalue weighted by molar-refractivity contribution is 5.82. The Kier molecular flexibility index (Phi) is 5.93. The monoisotopic (exact) mass is 333 g/mol. The molecule has 2 fully saturated rings. The van der Waals surface area contributed by atoms with Gasteiger partial charge in [0.05, 0.1) is 6.04 Å². The third kappa shape index (κ3) is 4.18. The standard InChI is InChI=1S/C19H31N3O2/c1-16(19(24)22-9-5-6-10-22)20-11-13-21(14-12-20)18(23)15-17-7-3-2-4-8-17/h7,16H,2-6,8-15H2,1H3/t16-/m1/s1. The molecular weight excluding hydrogens is 302 g/mol. The van der Waals surface area contributed by atoms with Gasteiger partial charge in [0, 0.05) is 45.7 Å². The summed E-state index contributed by atoms with van der Waals surface area (Å²) in [4.78, 5) is 31.2. The van der Waals surface area contributed by atoms with Gasteiger partial charge < -0.3 is 9.80 Å². The topological polar surface area (TPSA) is 43.9 Å². The van der Waals surface area contributed by atoms with E-state index < -0.39 is 0 Å². The first-order valence-electron chi connectivity index (χ1n) is 9.63. The number of hydrogen-bond donors (Lipinski definition) is 0. The Morgan fingerprint density at radius 2 is 1.67 bits per heavy atom. The molecule has 2 aliphatic heterocycles. The molecule has 0 spiro atoms. The molecular formula is C19H31N3O2. The predicted octanol–water partition coefficient (Wildman–Crippen LogP) is 2.03. The van der Waals surface area contributed by atoms with Crippen LogP contribution >= 0.6 is 0 Å². The highest BCUT2D eigenvalue weighted by Gasteiger charge is 2.30. The molecule has 5 nitrogen and oxygen atoms in total. The van der Waals surface area contributed by atoms with E-state index in [2.05, 4.69) is 11.0 Å². The smallest absolute Gasteiger partial charge is 0.239 e. The molecule has 3 rings (SSSR count). The Bertz CT molecular complexity index is 489. The van der Waals surface area contributed by atoms with Gasteiger partial charge in [-0.2, -0.15) is 0 Å². The number of likely N-dealkylation sites (tertiary alicyclic amines) is 1. The molecule has 24 heavy (non-hydrogen) atoms. The first-order chi connectivity index (χ1) is 11.6. The fourth-order valence-electron chi connectivity index (χ4n) is 4.09. The minimum atomic E-state index is -0.0543. The third-order valence-electron chi connectivity index (χ3n) is 5.75. The second-order valence-electron chi connectivity index (χ2n) is 7.41. The predicted molar refractivity (Wildman–Crippen MR) is 94.6 cm³/mol. The lowest BCUT2D eigenvalue weighted by molar-refractivity contribution is -0.137. The third-order valence-corrected chi connectivity index (χ3v) is 5.75. The summed E-state index contributed by atoms with van der Waals surface area (Å²) in [5, 5.41) is 0. The Morgan fingerprint density at radius 1 is 0.958 bits per heavy atom. The summed E-state index contributed by atoms with van der Waals surface area (Å²) in [6.07, 6.45) is 9.84. The average Bonchev–Trinajstić information content (AvgIpc) is 3.16. The van der Waals surface area contributed by atoms with Crippen molar-refractivity contribution in [3.63, 3.8) is 0 Å². The van der Waals surface area contributed by atoms with Crippen molar-refractivity contribution < 1.29 is 9.59 Å². The van der Waals surface area contributed by atoms with Gasteiger partial charge in [-0.1, -0.05) is 11.6 Å². The molecule has 0 N–H and O–H groups in total. The maximum atomic E-state index is 12.5. The number of carbonyl (C=O) groups excluding carboxylic acids is 2. The van der Waals surface area contributed by atoms with E-state index in [0.29, 0.717) is 6.42 Å². The summed E-state index contributed by atoms with van der Waals surface area (Å²) in [7, 11) is 0. The van der Waals surface area contributed by atoms with Crippen LogP contribution in [0.3, 0.4) is 0 Å². The largest absolute Gasteiger partial charge is 0.341 e. The lowest BCUT2D eigenvalue weighted by atomic mass is 9.97. The molecule has 0 radical (unpaired) electrons. The maximum absolute atomic E-state index is 12.5. The molecule has 0 aromatic carbocycles. The first-order valence-corrected chi connectivity index (χ1v) is 9.63. The zero-order valence-electron chi connectivity index (χ0n) is 15.0. The average molecular weight is 333 g/mol. The van der Waals surface area contributed by atoms with Crippen LogP contribution in [0.4, 0.5) is 0 Å². The quantitative estimate of drug-likeness (QED) is 0.740. The zero-order chi connectivity index (χ0) is 16.9. The summed E-state index contributed by atoms with van der Waals surface area (Å²) >= 11 is 0. The Labute approximate surface area is 145 Å². The normalized spacial score (nSPS) is 24.0. The number of amides is 2. The molecule has 2 amide bonds. The summed E-state index contributed by atoms with van der Waals surface area (Å²) in [6.45, 7) is 6.98. The van der Waals surface area contributed by atoms with Gasteiger partial charge in [-0.15, -0.1) is 0 Å². The van der Waals surface area contributed by atoms with E-state index in [1.165, 1.54) is 18.4 Å². The fraction of sp³-hybridized carbons (Fsp3) is 0.789. The van der Waals surface area contributed by atoms with Gasteiger partial charge in [0.25, 0.3) is 0 Å². The SMILES string of the molecule is C[C@H](C(=O)N1CCCC1)N1CCN(C(=O)CC2=CCCCC2)CC1. The highest BCUT2D eigenvalue weighted by Crippen LogP contribution is 2.21. The molecule has 0 unspecified atom stereocenters. The van der Waals surface area contributed by atoms with Crippen molar-refractivity contribution in [3.8, 4) is 0 Å². The van der Waals surface area contributed by atoms with Crippen LogP contribution in [-0.2, 0) is 9.59 Å². The molecule has 3 aliphatic rings. The van der Waals surface area contributed by atoms with E-state index in [4.69, 9.17) is 0 Å². The van der Waals surface area contributed by atoms with Crippen molar-refractivity contribution in [1.29, 1.82) is 0 Å². The summed E-state index contributed by atoms with van der Waals surface area (Å²) < 4.78 is 0. The van der Waals surface area contributed by atoms with Gasteiger partial charge in [0.2, 0.25) is 11.8 Å². The fourth-order valence-corrected chi connectivity index (χ4v) is 4.09. The van der Waals surface area contributed by atoms with Gasteiger partial charge in [-0.05, 0) is 45.4 Å². The van der Waals surface area contributed by atoms with E-state index in [0.717, 1.165) is 65.0 Å². The maximum Gasteiger partial charge on any atom is 0.239 e. The van der Waals surface area contributed by atoms with Crippen molar-refractivity contribution >= 4 is 11.8 Å². The minimum Gasteiger partial charge on any atom is -0.341 e. The van der Waals surface area contributed by atoms with E-state index in [1.807, 2.05) is 16.7 Å². The van der Waals surface area contributed by atoms with Crippen molar-refractivity contribution in [2.45, 2.75) is 57.9 Å². The van der Waals surface area contributed by atoms with Crippen LogP contribution in [0.15, 0.2) is 11.6 Å². The Hall–Kier alpha value is -1.36. The number of rotatable bonds is 4. The molecule has 2 heterocycles. The molecule has 0 saturated carbocycles. The van der Waals surface area contributed by atoms with Crippen LogP contribution in [-0.4, -0.2) is 71.8 Å². The first kappa shape index (κ1) is 17.5. The van der Waals surface area contributed by atoms with Crippen molar-refractivity contribution in [1.82, 2.24) is 14.7 Å². The second kappa shape index (κ2) is 8.15. The molecule has 0 aromatic rings.